The predicted octanol–water partition coefficient (Wildman–Crippen LogP) is 1.78. The van der Waals surface area contributed by atoms with Gasteiger partial charge in [0, 0.05) is 31.0 Å². The molecular formula is C14H23N3O. The van der Waals surface area contributed by atoms with Gasteiger partial charge in [-0.15, -0.1) is 0 Å². The molecule has 1 fully saturated rings. The van der Waals surface area contributed by atoms with Crippen molar-refractivity contribution in [3.8, 4) is 0 Å². The normalized spacial score (nSPS) is 17.1. The van der Waals surface area contributed by atoms with E-state index in [1.807, 2.05) is 17.2 Å². The Balaban J connectivity index is 2.00. The van der Waals surface area contributed by atoms with Crippen LogP contribution in [0.5, 0.6) is 0 Å². The summed E-state index contributed by atoms with van der Waals surface area (Å²) in [6.45, 7) is 7.50. The van der Waals surface area contributed by atoms with Crippen LogP contribution in [0.25, 0.3) is 0 Å². The van der Waals surface area contributed by atoms with E-state index in [0.29, 0.717) is 6.54 Å². The Hall–Kier alpha value is -1.29. The van der Waals surface area contributed by atoms with Crippen molar-refractivity contribution in [1.82, 2.24) is 14.8 Å². The predicted molar refractivity (Wildman–Crippen MR) is 72.3 cm³/mol. The molecule has 18 heavy (non-hydrogen) atoms. The molecular weight excluding hydrogens is 226 g/mol. The quantitative estimate of drug-likeness (QED) is 0.863. The van der Waals surface area contributed by atoms with Crippen LogP contribution in [-0.2, 0) is 11.3 Å². The molecule has 1 N–H and O–H groups in total. The maximum atomic E-state index is 12.1. The van der Waals surface area contributed by atoms with Gasteiger partial charge < -0.3 is 14.8 Å². The van der Waals surface area contributed by atoms with Crippen molar-refractivity contribution < 1.29 is 4.79 Å². The van der Waals surface area contributed by atoms with Crippen LogP contribution >= 0.6 is 0 Å². The van der Waals surface area contributed by atoms with Gasteiger partial charge in [0.05, 0.1) is 0 Å². The Morgan fingerprint density at radius 1 is 1.44 bits per heavy atom. The van der Waals surface area contributed by atoms with E-state index in [9.17, 15) is 4.79 Å². The molecule has 4 nitrogen and oxygen atoms in total. The zero-order valence-electron chi connectivity index (χ0n) is 11.4. The molecule has 0 aliphatic carbocycles. The third kappa shape index (κ3) is 2.93. The number of hydrogen-bond acceptors (Lipinski definition) is 2. The van der Waals surface area contributed by atoms with Crippen molar-refractivity contribution in [1.29, 1.82) is 0 Å². The molecule has 1 saturated heterocycles. The lowest BCUT2D eigenvalue weighted by Crippen LogP contribution is -2.32. The number of carbonyl (C=O) groups excluding carboxylic acids is 1. The standard InChI is InChI=1S/C14H23N3O/c1-3-15-12(2)13-7-6-10-17(13)11-14(18)16-8-4-5-9-16/h6-7,10,12,15H,3-5,8-9,11H2,1-2H3. The summed E-state index contributed by atoms with van der Waals surface area (Å²) in [6, 6.07) is 4.39. The maximum Gasteiger partial charge on any atom is 0.242 e. The number of nitrogens with zero attached hydrogens (tertiary/aromatic N) is 2. The molecule has 0 radical (unpaired) electrons. The fraction of sp³-hybridized carbons (Fsp3) is 0.643. The first-order valence-electron chi connectivity index (χ1n) is 6.88. The fourth-order valence-electron chi connectivity index (χ4n) is 2.59. The van der Waals surface area contributed by atoms with E-state index in [1.165, 1.54) is 5.69 Å². The SMILES string of the molecule is CCNC(C)c1cccn1CC(=O)N1CCCC1. The van der Waals surface area contributed by atoms with Crippen LogP contribution in [0.1, 0.15) is 38.4 Å². The van der Waals surface area contributed by atoms with E-state index >= 15 is 0 Å². The minimum atomic E-state index is 0.244. The van der Waals surface area contributed by atoms with Crippen LogP contribution in [0.4, 0.5) is 0 Å². The van der Waals surface area contributed by atoms with Gasteiger partial charge >= 0.3 is 0 Å². The molecule has 1 aliphatic rings. The average Bonchev–Trinajstić information content (AvgIpc) is 2.99. The molecule has 1 unspecified atom stereocenters. The Kier molecular flexibility index (Phi) is 4.42. The Bertz CT molecular complexity index is 393. The van der Waals surface area contributed by atoms with E-state index in [-0.39, 0.29) is 11.9 Å². The average molecular weight is 249 g/mol. The third-order valence-corrected chi connectivity index (χ3v) is 3.58. The first kappa shape index (κ1) is 13.1. The summed E-state index contributed by atoms with van der Waals surface area (Å²) in [7, 11) is 0. The summed E-state index contributed by atoms with van der Waals surface area (Å²) in [5.74, 6) is 0.244. The molecule has 1 aromatic rings. The second-order valence-electron chi connectivity index (χ2n) is 4.93. The lowest BCUT2D eigenvalue weighted by atomic mass is 10.2. The molecule has 100 valence electrons. The van der Waals surface area contributed by atoms with Gasteiger partial charge in [0.25, 0.3) is 0 Å². The molecule has 1 aromatic heterocycles. The second kappa shape index (κ2) is 6.05. The Morgan fingerprint density at radius 3 is 2.83 bits per heavy atom. The largest absolute Gasteiger partial charge is 0.341 e. The van der Waals surface area contributed by atoms with Gasteiger partial charge in [-0.2, -0.15) is 0 Å². The van der Waals surface area contributed by atoms with E-state index in [0.717, 1.165) is 32.5 Å². The van der Waals surface area contributed by atoms with Crippen molar-refractivity contribution in [3.63, 3.8) is 0 Å². The highest BCUT2D eigenvalue weighted by Crippen LogP contribution is 2.15. The Labute approximate surface area is 109 Å². The monoisotopic (exact) mass is 249 g/mol. The van der Waals surface area contributed by atoms with Gasteiger partial charge in [-0.1, -0.05) is 6.92 Å². The minimum absolute atomic E-state index is 0.244. The molecule has 0 aromatic carbocycles. The summed E-state index contributed by atoms with van der Waals surface area (Å²) in [5.41, 5.74) is 1.18. The molecule has 2 heterocycles. The second-order valence-corrected chi connectivity index (χ2v) is 4.93. The van der Waals surface area contributed by atoms with Crippen molar-refractivity contribution in [2.75, 3.05) is 19.6 Å². The molecule has 0 saturated carbocycles. The molecule has 1 aliphatic heterocycles. The number of rotatable bonds is 5. The molecule has 0 spiro atoms. The van der Waals surface area contributed by atoms with Gasteiger partial charge in [-0.05, 0) is 38.4 Å². The highest BCUT2D eigenvalue weighted by atomic mass is 16.2. The molecule has 4 heteroatoms. The third-order valence-electron chi connectivity index (χ3n) is 3.58. The van der Waals surface area contributed by atoms with Crippen LogP contribution in [0.3, 0.4) is 0 Å². The zero-order chi connectivity index (χ0) is 13.0. The summed E-state index contributed by atoms with van der Waals surface area (Å²) in [4.78, 5) is 14.1. The number of hydrogen-bond donors (Lipinski definition) is 1. The van der Waals surface area contributed by atoms with Crippen molar-refractivity contribution in [2.24, 2.45) is 0 Å². The molecule has 2 rings (SSSR count). The zero-order valence-corrected chi connectivity index (χ0v) is 11.4. The van der Waals surface area contributed by atoms with Crippen LogP contribution in [0, 0.1) is 0 Å². The number of amides is 1. The minimum Gasteiger partial charge on any atom is -0.341 e. The first-order chi connectivity index (χ1) is 8.72. The van der Waals surface area contributed by atoms with E-state index in [4.69, 9.17) is 0 Å². The van der Waals surface area contributed by atoms with Crippen LogP contribution < -0.4 is 5.32 Å². The smallest absolute Gasteiger partial charge is 0.242 e. The topological polar surface area (TPSA) is 37.3 Å². The lowest BCUT2D eigenvalue weighted by Gasteiger charge is -2.19. The van der Waals surface area contributed by atoms with Gasteiger partial charge in [-0.25, -0.2) is 0 Å². The van der Waals surface area contributed by atoms with Crippen molar-refractivity contribution >= 4 is 5.91 Å². The van der Waals surface area contributed by atoms with Crippen LogP contribution in [0.15, 0.2) is 18.3 Å². The fourth-order valence-corrected chi connectivity index (χ4v) is 2.59. The first-order valence-corrected chi connectivity index (χ1v) is 6.88. The van der Waals surface area contributed by atoms with E-state index < -0.39 is 0 Å². The summed E-state index contributed by atoms with van der Waals surface area (Å²) in [5, 5.41) is 3.39. The number of likely N-dealkylation sites (tertiary alicyclic amines) is 1. The number of aromatic nitrogens is 1. The Morgan fingerprint density at radius 2 is 2.17 bits per heavy atom. The van der Waals surface area contributed by atoms with Gasteiger partial charge in [0.15, 0.2) is 0 Å². The summed E-state index contributed by atoms with van der Waals surface area (Å²) < 4.78 is 2.06. The van der Waals surface area contributed by atoms with E-state index in [1.54, 1.807) is 0 Å². The summed E-state index contributed by atoms with van der Waals surface area (Å²) in [6.07, 6.45) is 4.30. The molecule has 0 bridgehead atoms. The molecule has 1 amide bonds. The van der Waals surface area contributed by atoms with Gasteiger partial charge in [0.2, 0.25) is 5.91 Å². The molecule has 1 atom stereocenters. The van der Waals surface area contributed by atoms with Crippen LogP contribution in [-0.4, -0.2) is 35.0 Å². The van der Waals surface area contributed by atoms with E-state index in [2.05, 4.69) is 29.8 Å². The van der Waals surface area contributed by atoms with Crippen LogP contribution in [0.2, 0.25) is 0 Å². The van der Waals surface area contributed by atoms with Gasteiger partial charge in [-0.3, -0.25) is 4.79 Å². The highest BCUT2D eigenvalue weighted by Gasteiger charge is 2.19. The lowest BCUT2D eigenvalue weighted by molar-refractivity contribution is -0.130. The highest BCUT2D eigenvalue weighted by molar-refractivity contribution is 5.76. The maximum absolute atomic E-state index is 12.1. The van der Waals surface area contributed by atoms with Crippen molar-refractivity contribution in [2.45, 2.75) is 39.3 Å². The summed E-state index contributed by atoms with van der Waals surface area (Å²) >= 11 is 0. The number of carbonyl (C=O) groups is 1. The van der Waals surface area contributed by atoms with Crippen molar-refractivity contribution in [3.05, 3.63) is 24.0 Å². The number of nitrogens with one attached hydrogen (secondary N) is 1. The van der Waals surface area contributed by atoms with Gasteiger partial charge in [0.1, 0.15) is 6.54 Å².